The number of rotatable bonds is 7. The minimum absolute atomic E-state index is 0. The number of hydrogen-bond acceptors (Lipinski definition) is 4. The Morgan fingerprint density at radius 2 is 1.85 bits per heavy atom. The molecule has 0 aliphatic rings. The summed E-state index contributed by atoms with van der Waals surface area (Å²) in [6, 6.07) is 6.40. The molecule has 0 bridgehead atoms. The van der Waals surface area contributed by atoms with Crippen molar-refractivity contribution in [2.45, 2.75) is 39.5 Å². The Morgan fingerprint density at radius 1 is 1.19 bits per heavy atom. The normalized spacial score (nSPS) is 11.4. The number of alkyl carbamates (subject to hydrolysis) is 1. The standard InChI is InChI=1S/C17H26F2N4O3.HI/c1-17(2,3)26-16(24)22-9-8-21-15(20-4)23-11-12-6-5-7-13(10-12)25-14(18)19;/h5-7,10,14H,8-9,11H2,1-4H3,(H,22,24)(H2,20,21,23);1H. The van der Waals surface area contributed by atoms with Gasteiger partial charge < -0.3 is 25.4 Å². The Labute approximate surface area is 175 Å². The van der Waals surface area contributed by atoms with E-state index in [2.05, 4.69) is 25.7 Å². The van der Waals surface area contributed by atoms with Crippen LogP contribution in [-0.2, 0) is 11.3 Å². The second-order valence-corrected chi connectivity index (χ2v) is 6.31. The third-order valence-corrected chi connectivity index (χ3v) is 2.89. The van der Waals surface area contributed by atoms with Gasteiger partial charge in [-0.2, -0.15) is 8.78 Å². The molecule has 0 saturated carbocycles. The Bertz CT molecular complexity index is 610. The fourth-order valence-corrected chi connectivity index (χ4v) is 1.90. The summed E-state index contributed by atoms with van der Waals surface area (Å²) in [6.45, 7) is 3.68. The van der Waals surface area contributed by atoms with Gasteiger partial charge >= 0.3 is 12.7 Å². The van der Waals surface area contributed by atoms with E-state index >= 15 is 0 Å². The number of halogens is 3. The number of carbonyl (C=O) groups excluding carboxylic acids is 1. The Morgan fingerprint density at radius 3 is 2.44 bits per heavy atom. The molecule has 27 heavy (non-hydrogen) atoms. The molecule has 1 aromatic rings. The number of nitrogens with one attached hydrogen (secondary N) is 3. The number of nitrogens with zero attached hydrogens (tertiary/aromatic N) is 1. The van der Waals surface area contributed by atoms with Crippen molar-refractivity contribution in [2.75, 3.05) is 20.1 Å². The highest BCUT2D eigenvalue weighted by molar-refractivity contribution is 14.0. The summed E-state index contributed by atoms with van der Waals surface area (Å²) in [5.74, 6) is 0.611. The fraction of sp³-hybridized carbons (Fsp3) is 0.529. The summed E-state index contributed by atoms with van der Waals surface area (Å²) < 4.78 is 34.0. The molecule has 1 amide bonds. The quantitative estimate of drug-likeness (QED) is 0.232. The van der Waals surface area contributed by atoms with Gasteiger partial charge in [0.25, 0.3) is 0 Å². The predicted molar refractivity (Wildman–Crippen MR) is 111 cm³/mol. The maximum absolute atomic E-state index is 12.2. The number of benzene rings is 1. The zero-order valence-corrected chi connectivity index (χ0v) is 18.2. The molecule has 0 heterocycles. The lowest BCUT2D eigenvalue weighted by Crippen LogP contribution is -2.42. The highest BCUT2D eigenvalue weighted by atomic mass is 127. The van der Waals surface area contributed by atoms with Crippen molar-refractivity contribution >= 4 is 36.0 Å². The molecule has 1 rings (SSSR count). The summed E-state index contributed by atoms with van der Waals surface area (Å²) in [4.78, 5) is 15.6. The lowest BCUT2D eigenvalue weighted by molar-refractivity contribution is -0.0498. The average Bonchev–Trinajstić information content (AvgIpc) is 2.52. The van der Waals surface area contributed by atoms with Crippen molar-refractivity contribution in [3.63, 3.8) is 0 Å². The van der Waals surface area contributed by atoms with E-state index in [1.807, 2.05) is 0 Å². The van der Waals surface area contributed by atoms with Gasteiger partial charge in [-0.15, -0.1) is 24.0 Å². The molecule has 3 N–H and O–H groups in total. The number of alkyl halides is 2. The van der Waals surface area contributed by atoms with Crippen molar-refractivity contribution in [2.24, 2.45) is 4.99 Å². The molecule has 0 aliphatic carbocycles. The number of carbonyl (C=O) groups is 1. The Balaban J connectivity index is 0.00000676. The summed E-state index contributed by atoms with van der Waals surface area (Å²) in [5.41, 5.74) is 0.218. The Kier molecular flexibility index (Phi) is 11.7. The van der Waals surface area contributed by atoms with Gasteiger partial charge in [0, 0.05) is 26.7 Å². The van der Waals surface area contributed by atoms with E-state index in [9.17, 15) is 13.6 Å². The molecule has 154 valence electrons. The Hall–Kier alpha value is -1.85. The molecular formula is C17H27F2IN4O3. The van der Waals surface area contributed by atoms with E-state index in [0.29, 0.717) is 25.6 Å². The zero-order valence-electron chi connectivity index (χ0n) is 15.8. The second kappa shape index (κ2) is 12.5. The first-order valence-electron chi connectivity index (χ1n) is 8.15. The highest BCUT2D eigenvalue weighted by Gasteiger charge is 2.15. The van der Waals surface area contributed by atoms with Crippen LogP contribution >= 0.6 is 24.0 Å². The van der Waals surface area contributed by atoms with Gasteiger partial charge in [-0.25, -0.2) is 4.79 Å². The number of guanidine groups is 1. The largest absolute Gasteiger partial charge is 0.444 e. The fourth-order valence-electron chi connectivity index (χ4n) is 1.90. The summed E-state index contributed by atoms with van der Waals surface area (Å²) >= 11 is 0. The van der Waals surface area contributed by atoms with Gasteiger partial charge in [0.15, 0.2) is 5.96 Å². The van der Waals surface area contributed by atoms with Gasteiger partial charge in [0.1, 0.15) is 11.4 Å². The lowest BCUT2D eigenvalue weighted by atomic mass is 10.2. The van der Waals surface area contributed by atoms with Gasteiger partial charge in [-0.1, -0.05) is 12.1 Å². The second-order valence-electron chi connectivity index (χ2n) is 6.31. The summed E-state index contributed by atoms with van der Waals surface area (Å²) in [6.07, 6.45) is -0.488. The van der Waals surface area contributed by atoms with Crippen LogP contribution in [0.1, 0.15) is 26.3 Å². The minimum atomic E-state index is -2.86. The van der Waals surface area contributed by atoms with Gasteiger partial charge in [0.05, 0.1) is 0 Å². The third kappa shape index (κ3) is 12.2. The molecule has 0 saturated heterocycles. The van der Waals surface area contributed by atoms with E-state index < -0.39 is 18.3 Å². The highest BCUT2D eigenvalue weighted by Crippen LogP contribution is 2.15. The van der Waals surface area contributed by atoms with E-state index in [1.165, 1.54) is 12.1 Å². The predicted octanol–water partition coefficient (Wildman–Crippen LogP) is 3.10. The van der Waals surface area contributed by atoms with Crippen LogP contribution < -0.4 is 20.7 Å². The molecular weight excluding hydrogens is 473 g/mol. The molecule has 7 nitrogen and oxygen atoms in total. The molecule has 0 unspecified atom stereocenters. The molecule has 0 atom stereocenters. The summed E-state index contributed by atoms with van der Waals surface area (Å²) in [5, 5.41) is 8.69. The zero-order chi connectivity index (χ0) is 19.6. The van der Waals surface area contributed by atoms with Crippen molar-refractivity contribution < 1.29 is 23.0 Å². The molecule has 10 heteroatoms. The van der Waals surface area contributed by atoms with Gasteiger partial charge in [0.2, 0.25) is 0 Å². The van der Waals surface area contributed by atoms with Gasteiger partial charge in [-0.05, 0) is 38.5 Å². The maximum atomic E-state index is 12.2. The number of aliphatic imine (C=N–C) groups is 1. The van der Waals surface area contributed by atoms with E-state index in [4.69, 9.17) is 4.74 Å². The van der Waals surface area contributed by atoms with Crippen LogP contribution in [0.3, 0.4) is 0 Å². The molecule has 0 fully saturated rings. The number of hydrogen-bond donors (Lipinski definition) is 3. The van der Waals surface area contributed by atoms with Crippen LogP contribution in [0, 0.1) is 0 Å². The van der Waals surface area contributed by atoms with Crippen LogP contribution in [-0.4, -0.2) is 44.4 Å². The first kappa shape index (κ1) is 25.2. The van der Waals surface area contributed by atoms with Crippen molar-refractivity contribution in [3.8, 4) is 5.75 Å². The van der Waals surface area contributed by atoms with Crippen molar-refractivity contribution in [1.82, 2.24) is 16.0 Å². The maximum Gasteiger partial charge on any atom is 0.407 e. The van der Waals surface area contributed by atoms with Crippen molar-refractivity contribution in [3.05, 3.63) is 29.8 Å². The first-order valence-corrected chi connectivity index (χ1v) is 8.15. The number of amides is 1. The number of ether oxygens (including phenoxy) is 2. The van der Waals surface area contributed by atoms with Crippen LogP contribution in [0.5, 0.6) is 5.75 Å². The van der Waals surface area contributed by atoms with E-state index in [-0.39, 0.29) is 29.7 Å². The van der Waals surface area contributed by atoms with Crippen LogP contribution in [0.15, 0.2) is 29.3 Å². The van der Waals surface area contributed by atoms with Crippen LogP contribution in [0.2, 0.25) is 0 Å². The average molecular weight is 500 g/mol. The molecule has 0 aromatic heterocycles. The molecule has 0 spiro atoms. The van der Waals surface area contributed by atoms with Gasteiger partial charge in [-0.3, -0.25) is 4.99 Å². The molecule has 0 aliphatic heterocycles. The van der Waals surface area contributed by atoms with E-state index in [1.54, 1.807) is 40.0 Å². The molecule has 1 aromatic carbocycles. The molecule has 0 radical (unpaired) electrons. The monoisotopic (exact) mass is 500 g/mol. The first-order chi connectivity index (χ1) is 12.2. The third-order valence-electron chi connectivity index (χ3n) is 2.89. The topological polar surface area (TPSA) is 84.0 Å². The lowest BCUT2D eigenvalue weighted by Gasteiger charge is -2.20. The smallest absolute Gasteiger partial charge is 0.407 e. The van der Waals surface area contributed by atoms with E-state index in [0.717, 1.165) is 5.56 Å². The minimum Gasteiger partial charge on any atom is -0.444 e. The summed E-state index contributed by atoms with van der Waals surface area (Å²) in [7, 11) is 1.60. The SMILES string of the molecule is CN=C(NCCNC(=O)OC(C)(C)C)NCc1cccc(OC(F)F)c1.I. The van der Waals surface area contributed by atoms with Crippen LogP contribution in [0.4, 0.5) is 13.6 Å². The van der Waals surface area contributed by atoms with Crippen LogP contribution in [0.25, 0.3) is 0 Å². The van der Waals surface area contributed by atoms with Crippen molar-refractivity contribution in [1.29, 1.82) is 0 Å².